The zero-order chi connectivity index (χ0) is 10.4. The molecule has 0 aliphatic carbocycles. The van der Waals surface area contributed by atoms with Crippen LogP contribution in [0.1, 0.15) is 0 Å². The van der Waals surface area contributed by atoms with Crippen LogP contribution in [0.3, 0.4) is 0 Å². The van der Waals surface area contributed by atoms with Crippen LogP contribution in [-0.2, 0) is 0 Å². The highest BCUT2D eigenvalue weighted by Crippen LogP contribution is 2.31. The Labute approximate surface area is 91.4 Å². The van der Waals surface area contributed by atoms with Gasteiger partial charge in [-0.3, -0.25) is 0 Å². The first-order valence-electron chi connectivity index (χ1n) is 4.20. The largest absolute Gasteiger partial charge is 0.434 e. The van der Waals surface area contributed by atoms with Crippen LogP contribution in [0, 0.1) is 0 Å². The highest BCUT2D eigenvalue weighted by Gasteiger charge is 2.02. The van der Waals surface area contributed by atoms with Crippen LogP contribution in [0.15, 0.2) is 29.2 Å². The predicted octanol–water partition coefficient (Wildman–Crippen LogP) is 2.40. The number of hydrogen-bond donors (Lipinski definition) is 1. The van der Waals surface area contributed by atoms with Crippen LogP contribution in [0.5, 0.6) is 5.75 Å². The molecule has 0 aliphatic heterocycles. The van der Waals surface area contributed by atoms with Gasteiger partial charge in [0.25, 0.3) is 0 Å². The summed E-state index contributed by atoms with van der Waals surface area (Å²) in [4.78, 5) is 1.06. The van der Waals surface area contributed by atoms with E-state index in [9.17, 15) is 0 Å². The Hall–Kier alpha value is -0.450. The van der Waals surface area contributed by atoms with Crippen LogP contribution >= 0.6 is 22.5 Å². The van der Waals surface area contributed by atoms with Gasteiger partial charge in [-0.15, -0.1) is 11.8 Å². The summed E-state index contributed by atoms with van der Waals surface area (Å²) in [6, 6.07) is 7.81. The highest BCUT2D eigenvalue weighted by atomic mass is 32.2. The standard InChI is InChI=1S/C10H14O2S2/c1-14(2)12-9-5-3-4-6-10(9)13-8-7-11/h3-6,11H,1,7-8H2,2H3. The van der Waals surface area contributed by atoms with Gasteiger partial charge in [-0.1, -0.05) is 12.1 Å². The molecule has 1 atom stereocenters. The summed E-state index contributed by atoms with van der Waals surface area (Å²) in [7, 11) is -0.308. The normalized spacial score (nSPS) is 12.4. The second-order valence-electron chi connectivity index (χ2n) is 2.68. The molecule has 0 fully saturated rings. The fourth-order valence-corrected chi connectivity index (χ4v) is 2.19. The molecule has 1 aromatic carbocycles. The van der Waals surface area contributed by atoms with Crippen LogP contribution in [0.25, 0.3) is 0 Å². The Morgan fingerprint density at radius 2 is 2.21 bits per heavy atom. The van der Waals surface area contributed by atoms with E-state index in [1.807, 2.05) is 30.5 Å². The topological polar surface area (TPSA) is 29.5 Å². The number of aliphatic hydroxyl groups excluding tert-OH is 1. The SMILES string of the molecule is C=S(C)Oc1ccccc1SCCO. The van der Waals surface area contributed by atoms with Crippen molar-refractivity contribution in [1.82, 2.24) is 0 Å². The van der Waals surface area contributed by atoms with Crippen LogP contribution in [0.4, 0.5) is 0 Å². The maximum Gasteiger partial charge on any atom is 0.150 e. The van der Waals surface area contributed by atoms with E-state index in [0.29, 0.717) is 5.75 Å². The van der Waals surface area contributed by atoms with Gasteiger partial charge in [0.05, 0.1) is 11.5 Å². The van der Waals surface area contributed by atoms with Crippen LogP contribution < -0.4 is 4.18 Å². The molecule has 0 saturated carbocycles. The third-order valence-electron chi connectivity index (χ3n) is 1.43. The highest BCUT2D eigenvalue weighted by molar-refractivity contribution is 8.09. The summed E-state index contributed by atoms with van der Waals surface area (Å²) in [6.45, 7) is 0.182. The van der Waals surface area contributed by atoms with Gasteiger partial charge < -0.3 is 9.29 Å². The summed E-state index contributed by atoms with van der Waals surface area (Å²) in [6.07, 6.45) is 1.92. The predicted molar refractivity (Wildman–Crippen MR) is 65.5 cm³/mol. The molecule has 1 unspecified atom stereocenters. The van der Waals surface area contributed by atoms with Crippen molar-refractivity contribution in [3.8, 4) is 5.75 Å². The van der Waals surface area contributed by atoms with E-state index in [-0.39, 0.29) is 17.4 Å². The number of para-hydroxylation sites is 1. The molecule has 0 spiro atoms. The molecule has 2 nitrogen and oxygen atoms in total. The third kappa shape index (κ3) is 3.74. The average molecular weight is 230 g/mol. The first-order valence-corrected chi connectivity index (χ1v) is 6.92. The fourth-order valence-electron chi connectivity index (χ4n) is 0.947. The van der Waals surface area contributed by atoms with E-state index in [1.54, 1.807) is 11.8 Å². The lowest BCUT2D eigenvalue weighted by Crippen LogP contribution is -1.89. The molecule has 0 heterocycles. The Morgan fingerprint density at radius 3 is 2.86 bits per heavy atom. The maximum atomic E-state index is 8.73. The molecule has 1 rings (SSSR count). The minimum absolute atomic E-state index is 0.182. The lowest BCUT2D eigenvalue weighted by Gasteiger charge is -2.09. The minimum atomic E-state index is -0.308. The summed E-state index contributed by atoms with van der Waals surface area (Å²) < 4.78 is 5.56. The van der Waals surface area contributed by atoms with Crippen LogP contribution in [-0.4, -0.2) is 29.6 Å². The molecule has 0 amide bonds. The second-order valence-corrected chi connectivity index (χ2v) is 5.13. The van der Waals surface area contributed by atoms with E-state index in [4.69, 9.17) is 9.29 Å². The summed E-state index contributed by atoms with van der Waals surface area (Å²) >= 11 is 1.59. The quantitative estimate of drug-likeness (QED) is 0.622. The van der Waals surface area contributed by atoms with Crippen molar-refractivity contribution in [3.05, 3.63) is 24.3 Å². The fraction of sp³-hybridized carbons (Fsp3) is 0.300. The molecule has 0 saturated heterocycles. The second kappa shape index (κ2) is 6.11. The summed E-state index contributed by atoms with van der Waals surface area (Å²) in [5, 5.41) is 8.73. The summed E-state index contributed by atoms with van der Waals surface area (Å²) in [5.41, 5.74) is 0. The maximum absolute atomic E-state index is 8.73. The lowest BCUT2D eigenvalue weighted by atomic mass is 10.3. The monoisotopic (exact) mass is 230 g/mol. The molecule has 0 bridgehead atoms. The summed E-state index contributed by atoms with van der Waals surface area (Å²) in [5.74, 6) is 5.35. The molecule has 0 aromatic heterocycles. The van der Waals surface area contributed by atoms with Crippen molar-refractivity contribution < 1.29 is 9.29 Å². The van der Waals surface area contributed by atoms with Gasteiger partial charge in [0.15, 0.2) is 0 Å². The number of aliphatic hydroxyl groups is 1. The number of hydrogen-bond acceptors (Lipinski definition) is 3. The molecule has 0 radical (unpaired) electrons. The van der Waals surface area contributed by atoms with Gasteiger partial charge in [-0.25, -0.2) is 0 Å². The lowest BCUT2D eigenvalue weighted by molar-refractivity contribution is 0.322. The molecular formula is C10H14O2S2. The molecule has 1 N–H and O–H groups in total. The minimum Gasteiger partial charge on any atom is -0.434 e. The van der Waals surface area contributed by atoms with Crippen molar-refractivity contribution in [3.63, 3.8) is 0 Å². The molecular weight excluding hydrogens is 216 g/mol. The van der Waals surface area contributed by atoms with Gasteiger partial charge in [0, 0.05) is 12.0 Å². The smallest absolute Gasteiger partial charge is 0.150 e. The molecule has 14 heavy (non-hydrogen) atoms. The van der Waals surface area contributed by atoms with E-state index < -0.39 is 0 Å². The number of thioether (sulfide) groups is 1. The first kappa shape index (κ1) is 11.6. The van der Waals surface area contributed by atoms with Gasteiger partial charge in [0.2, 0.25) is 0 Å². The molecule has 1 aromatic rings. The number of benzene rings is 1. The third-order valence-corrected chi connectivity index (χ3v) is 2.93. The van der Waals surface area contributed by atoms with Crippen molar-refractivity contribution in [2.24, 2.45) is 0 Å². The van der Waals surface area contributed by atoms with E-state index >= 15 is 0 Å². The van der Waals surface area contributed by atoms with Gasteiger partial charge in [-0.2, -0.15) is 0 Å². The van der Waals surface area contributed by atoms with Gasteiger partial charge >= 0.3 is 0 Å². The Bertz CT molecular complexity index is 313. The van der Waals surface area contributed by atoms with Gasteiger partial charge in [0.1, 0.15) is 5.75 Å². The Kier molecular flexibility index (Phi) is 5.07. The molecule has 0 aliphatic rings. The Morgan fingerprint density at radius 1 is 1.50 bits per heavy atom. The van der Waals surface area contributed by atoms with Crippen molar-refractivity contribution in [2.45, 2.75) is 4.90 Å². The van der Waals surface area contributed by atoms with Crippen molar-refractivity contribution in [2.75, 3.05) is 18.6 Å². The van der Waals surface area contributed by atoms with Crippen LogP contribution in [0.2, 0.25) is 0 Å². The van der Waals surface area contributed by atoms with Crippen molar-refractivity contribution >= 4 is 28.4 Å². The first-order chi connectivity index (χ1) is 6.74. The molecule has 4 heteroatoms. The van der Waals surface area contributed by atoms with E-state index in [1.165, 1.54) is 0 Å². The Balaban J connectivity index is 2.74. The zero-order valence-electron chi connectivity index (χ0n) is 8.10. The van der Waals surface area contributed by atoms with E-state index in [0.717, 1.165) is 10.6 Å². The average Bonchev–Trinajstić information content (AvgIpc) is 2.16. The molecule has 78 valence electrons. The zero-order valence-corrected chi connectivity index (χ0v) is 9.74. The van der Waals surface area contributed by atoms with Crippen molar-refractivity contribution in [1.29, 1.82) is 0 Å². The van der Waals surface area contributed by atoms with Gasteiger partial charge in [-0.05, 0) is 28.8 Å². The number of rotatable bonds is 5. The van der Waals surface area contributed by atoms with E-state index in [2.05, 4.69) is 5.87 Å².